The van der Waals surface area contributed by atoms with Crippen molar-refractivity contribution in [2.45, 2.75) is 6.54 Å². The molecule has 5 heteroatoms. The summed E-state index contributed by atoms with van der Waals surface area (Å²) in [4.78, 5) is 4.08. The number of hydrogen-bond donors (Lipinski definition) is 1. The van der Waals surface area contributed by atoms with E-state index in [0.717, 1.165) is 0 Å². The van der Waals surface area contributed by atoms with E-state index < -0.39 is 0 Å². The van der Waals surface area contributed by atoms with E-state index in [1.165, 1.54) is 0 Å². The van der Waals surface area contributed by atoms with Gasteiger partial charge >= 0.3 is 0 Å². The second kappa shape index (κ2) is 3.40. The second-order valence-corrected chi connectivity index (χ2v) is 2.60. The van der Waals surface area contributed by atoms with Crippen LogP contribution in [0.5, 0.6) is 0 Å². The Morgan fingerprint density at radius 3 is 3.15 bits per heavy atom. The zero-order valence-electron chi connectivity index (χ0n) is 7.05. The van der Waals surface area contributed by atoms with Crippen LogP contribution in [0.15, 0.2) is 29.1 Å². The zero-order chi connectivity index (χ0) is 9.10. The van der Waals surface area contributed by atoms with E-state index in [4.69, 9.17) is 10.2 Å². The maximum atomic E-state index is 5.38. The molecule has 2 N–H and O–H groups in total. The van der Waals surface area contributed by atoms with E-state index in [2.05, 4.69) is 10.1 Å². The van der Waals surface area contributed by atoms with Gasteiger partial charge in [-0.15, -0.1) is 5.10 Å². The van der Waals surface area contributed by atoms with Crippen LogP contribution >= 0.6 is 0 Å². The molecule has 2 heterocycles. The first-order valence-corrected chi connectivity index (χ1v) is 4.03. The molecule has 0 unspecified atom stereocenters. The van der Waals surface area contributed by atoms with Gasteiger partial charge in [0.15, 0.2) is 5.76 Å². The van der Waals surface area contributed by atoms with Gasteiger partial charge in [-0.2, -0.15) is 0 Å². The largest absolute Gasteiger partial charge is 0.461 e. The minimum absolute atomic E-state index is 0.557. The minimum atomic E-state index is 0.557. The first-order chi connectivity index (χ1) is 6.40. The highest BCUT2D eigenvalue weighted by atomic mass is 16.3. The highest BCUT2D eigenvalue weighted by molar-refractivity contribution is 5.44. The van der Waals surface area contributed by atoms with E-state index in [1.807, 2.05) is 6.07 Å². The highest BCUT2D eigenvalue weighted by Gasteiger charge is 2.05. The van der Waals surface area contributed by atoms with Crippen LogP contribution in [0.25, 0.3) is 11.6 Å². The molecule has 0 radical (unpaired) electrons. The molecule has 0 aliphatic heterocycles. The summed E-state index contributed by atoms with van der Waals surface area (Å²) >= 11 is 0. The number of furan rings is 1. The summed E-state index contributed by atoms with van der Waals surface area (Å²) in [5, 5.41) is 4.17. The van der Waals surface area contributed by atoms with Crippen molar-refractivity contribution in [2.24, 2.45) is 5.73 Å². The van der Waals surface area contributed by atoms with Crippen molar-refractivity contribution >= 4 is 0 Å². The van der Waals surface area contributed by atoms with Crippen LogP contribution in [-0.4, -0.2) is 21.3 Å². The Morgan fingerprint density at radius 1 is 1.54 bits per heavy atom. The van der Waals surface area contributed by atoms with Crippen LogP contribution in [0, 0.1) is 0 Å². The fourth-order valence-corrected chi connectivity index (χ4v) is 1.05. The van der Waals surface area contributed by atoms with Crippen molar-refractivity contribution in [1.29, 1.82) is 0 Å². The lowest BCUT2D eigenvalue weighted by Gasteiger charge is -1.93. The number of hydrogen-bond acceptors (Lipinski definition) is 4. The van der Waals surface area contributed by atoms with Gasteiger partial charge in [-0.25, -0.2) is 4.98 Å². The van der Waals surface area contributed by atoms with Crippen LogP contribution in [0.4, 0.5) is 0 Å². The van der Waals surface area contributed by atoms with Crippen molar-refractivity contribution in [2.75, 3.05) is 6.54 Å². The molecular formula is C8H10N4O. The molecule has 68 valence electrons. The molecule has 0 aromatic carbocycles. The molecule has 2 aromatic rings. The van der Waals surface area contributed by atoms with E-state index in [1.54, 1.807) is 23.3 Å². The third-order valence-corrected chi connectivity index (χ3v) is 1.64. The van der Waals surface area contributed by atoms with Crippen LogP contribution in [0.1, 0.15) is 0 Å². The summed E-state index contributed by atoms with van der Waals surface area (Å²) < 4.78 is 6.83. The molecule has 0 atom stereocenters. The topological polar surface area (TPSA) is 69.9 Å². The van der Waals surface area contributed by atoms with Gasteiger partial charge in [-0.1, -0.05) is 0 Å². The lowest BCUT2D eigenvalue weighted by atomic mass is 10.4. The standard InChI is InChI=1S/C8H10N4O/c9-3-4-12-6-10-8(11-12)7-2-1-5-13-7/h1-2,5-6H,3-4,9H2. The monoisotopic (exact) mass is 178 g/mol. The van der Waals surface area contributed by atoms with Gasteiger partial charge in [-0.3, -0.25) is 4.68 Å². The molecule has 0 saturated heterocycles. The first-order valence-electron chi connectivity index (χ1n) is 4.03. The van der Waals surface area contributed by atoms with Gasteiger partial charge in [0.25, 0.3) is 0 Å². The Morgan fingerprint density at radius 2 is 2.46 bits per heavy atom. The van der Waals surface area contributed by atoms with Gasteiger partial charge in [0, 0.05) is 6.54 Å². The Labute approximate surface area is 75.2 Å². The van der Waals surface area contributed by atoms with Crippen molar-refractivity contribution in [3.63, 3.8) is 0 Å². The predicted molar refractivity (Wildman–Crippen MR) is 46.8 cm³/mol. The van der Waals surface area contributed by atoms with Crippen LogP contribution in [0.2, 0.25) is 0 Å². The fraction of sp³-hybridized carbons (Fsp3) is 0.250. The predicted octanol–water partition coefficient (Wildman–Crippen LogP) is 0.497. The Balaban J connectivity index is 2.23. The molecule has 0 aliphatic carbocycles. The van der Waals surface area contributed by atoms with Gasteiger partial charge in [0.2, 0.25) is 5.82 Å². The van der Waals surface area contributed by atoms with Gasteiger partial charge in [-0.05, 0) is 12.1 Å². The maximum absolute atomic E-state index is 5.38. The zero-order valence-corrected chi connectivity index (χ0v) is 7.05. The number of rotatable bonds is 3. The lowest BCUT2D eigenvalue weighted by molar-refractivity contribution is 0.572. The normalized spacial score (nSPS) is 10.5. The number of nitrogens with zero attached hydrogens (tertiary/aromatic N) is 3. The molecule has 2 rings (SSSR count). The summed E-state index contributed by atoms with van der Waals surface area (Å²) in [5.74, 6) is 1.27. The Kier molecular flexibility index (Phi) is 2.09. The maximum Gasteiger partial charge on any atom is 0.216 e. The quantitative estimate of drug-likeness (QED) is 0.742. The van der Waals surface area contributed by atoms with Crippen molar-refractivity contribution in [3.8, 4) is 11.6 Å². The van der Waals surface area contributed by atoms with Crippen molar-refractivity contribution in [1.82, 2.24) is 14.8 Å². The molecule has 0 amide bonds. The third kappa shape index (κ3) is 1.59. The van der Waals surface area contributed by atoms with Crippen LogP contribution < -0.4 is 5.73 Å². The van der Waals surface area contributed by atoms with E-state index in [0.29, 0.717) is 24.7 Å². The summed E-state index contributed by atoms with van der Waals surface area (Å²) in [6, 6.07) is 3.63. The number of aromatic nitrogens is 3. The fourth-order valence-electron chi connectivity index (χ4n) is 1.05. The Bertz CT molecular complexity index is 365. The molecule has 0 aliphatic rings. The van der Waals surface area contributed by atoms with Crippen LogP contribution in [0.3, 0.4) is 0 Å². The average molecular weight is 178 g/mol. The molecule has 2 aromatic heterocycles. The average Bonchev–Trinajstić information content (AvgIpc) is 2.70. The molecule has 13 heavy (non-hydrogen) atoms. The molecular weight excluding hydrogens is 168 g/mol. The smallest absolute Gasteiger partial charge is 0.216 e. The van der Waals surface area contributed by atoms with Gasteiger partial charge in [0.1, 0.15) is 6.33 Å². The van der Waals surface area contributed by atoms with Crippen molar-refractivity contribution < 1.29 is 4.42 Å². The first kappa shape index (κ1) is 8.00. The molecule has 5 nitrogen and oxygen atoms in total. The molecule has 0 bridgehead atoms. The molecule has 0 spiro atoms. The van der Waals surface area contributed by atoms with Gasteiger partial charge < -0.3 is 10.2 Å². The summed E-state index contributed by atoms with van der Waals surface area (Å²) in [6.07, 6.45) is 3.24. The molecule has 0 fully saturated rings. The summed E-state index contributed by atoms with van der Waals surface area (Å²) in [7, 11) is 0. The SMILES string of the molecule is NCCn1cnc(-c2ccco2)n1. The third-order valence-electron chi connectivity index (χ3n) is 1.64. The summed E-state index contributed by atoms with van der Waals surface area (Å²) in [5.41, 5.74) is 5.38. The van der Waals surface area contributed by atoms with Crippen molar-refractivity contribution in [3.05, 3.63) is 24.7 Å². The number of nitrogens with two attached hydrogens (primary N) is 1. The highest BCUT2D eigenvalue weighted by Crippen LogP contribution is 2.13. The van der Waals surface area contributed by atoms with Crippen LogP contribution in [-0.2, 0) is 6.54 Å². The van der Waals surface area contributed by atoms with Gasteiger partial charge in [0.05, 0.1) is 12.8 Å². The minimum Gasteiger partial charge on any atom is -0.461 e. The van der Waals surface area contributed by atoms with E-state index in [-0.39, 0.29) is 0 Å². The second-order valence-electron chi connectivity index (χ2n) is 2.60. The van der Waals surface area contributed by atoms with E-state index >= 15 is 0 Å². The lowest BCUT2D eigenvalue weighted by Crippen LogP contribution is -2.09. The Hall–Kier alpha value is -1.62. The molecule has 0 saturated carbocycles. The summed E-state index contributed by atoms with van der Waals surface area (Å²) in [6.45, 7) is 1.23. The van der Waals surface area contributed by atoms with E-state index in [9.17, 15) is 0 Å².